The molecular weight excluding hydrogens is 267 g/mol. The molecule has 1 aromatic rings. The maximum atomic E-state index is 12.7. The van der Waals surface area contributed by atoms with Gasteiger partial charge >= 0.3 is 6.18 Å². The molecule has 1 heterocycles. The van der Waals surface area contributed by atoms with Crippen LogP contribution in [0.2, 0.25) is 0 Å². The normalized spacial score (nSPS) is 11.7. The number of hydrogen-bond donors (Lipinski definition) is 1. The molecule has 20 heavy (non-hydrogen) atoms. The lowest BCUT2D eigenvalue weighted by molar-refractivity contribution is -0.119. The fourth-order valence-electron chi connectivity index (χ4n) is 2.04. The Hall–Kier alpha value is -1.30. The first-order chi connectivity index (χ1) is 9.39. The van der Waals surface area contributed by atoms with E-state index >= 15 is 0 Å². The Balaban J connectivity index is 3.07. The molecule has 1 aromatic heterocycles. The second kappa shape index (κ2) is 7.47. The smallest absolute Gasteiger partial charge is 0.348 e. The van der Waals surface area contributed by atoms with Crippen LogP contribution in [0.4, 0.5) is 19.0 Å². The molecule has 0 spiro atoms. The van der Waals surface area contributed by atoms with Gasteiger partial charge in [0.15, 0.2) is 0 Å². The van der Waals surface area contributed by atoms with Crippen LogP contribution < -0.4 is 10.2 Å². The molecule has 0 fully saturated rings. The molecule has 0 radical (unpaired) electrons. The molecule has 0 aliphatic rings. The van der Waals surface area contributed by atoms with Gasteiger partial charge in [-0.2, -0.15) is 13.2 Å². The molecule has 1 rings (SSSR count). The van der Waals surface area contributed by atoms with E-state index in [0.717, 1.165) is 11.3 Å². The molecule has 0 saturated heterocycles. The van der Waals surface area contributed by atoms with Crippen molar-refractivity contribution in [3.63, 3.8) is 0 Å². The second-order valence-electron chi connectivity index (χ2n) is 4.75. The molecule has 0 aromatic carbocycles. The number of aryl methyl sites for hydroxylation is 1. The first-order valence-corrected chi connectivity index (χ1v) is 6.85. The van der Waals surface area contributed by atoms with Crippen molar-refractivity contribution in [1.82, 2.24) is 10.3 Å². The molecule has 0 unspecified atom stereocenters. The van der Waals surface area contributed by atoms with Crippen LogP contribution in [0.25, 0.3) is 0 Å². The van der Waals surface area contributed by atoms with Crippen molar-refractivity contribution in [3.8, 4) is 0 Å². The van der Waals surface area contributed by atoms with Gasteiger partial charge in [0.25, 0.3) is 0 Å². The van der Waals surface area contributed by atoms with Gasteiger partial charge < -0.3 is 10.2 Å². The van der Waals surface area contributed by atoms with Gasteiger partial charge in [-0.3, -0.25) is 0 Å². The fraction of sp³-hybridized carbons (Fsp3) is 0.643. The lowest BCUT2D eigenvalue weighted by Crippen LogP contribution is -2.35. The zero-order valence-corrected chi connectivity index (χ0v) is 12.2. The molecule has 1 N–H and O–H groups in total. The summed E-state index contributed by atoms with van der Waals surface area (Å²) in [7, 11) is 1.81. The van der Waals surface area contributed by atoms with Crippen molar-refractivity contribution < 1.29 is 13.2 Å². The van der Waals surface area contributed by atoms with Gasteiger partial charge in [-0.15, -0.1) is 0 Å². The average molecular weight is 289 g/mol. The number of nitrogens with zero attached hydrogens (tertiary/aromatic N) is 2. The Bertz CT molecular complexity index is 419. The van der Waals surface area contributed by atoms with E-state index in [2.05, 4.69) is 10.3 Å². The Morgan fingerprint density at radius 2 is 1.95 bits per heavy atom. The Kier molecular flexibility index (Phi) is 6.26. The quantitative estimate of drug-likeness (QED) is 0.836. The number of pyridine rings is 1. The zero-order chi connectivity index (χ0) is 15.2. The summed E-state index contributed by atoms with van der Waals surface area (Å²) in [5.41, 5.74) is 1.77. The number of anilines is 1. The van der Waals surface area contributed by atoms with Crippen LogP contribution in [0.3, 0.4) is 0 Å². The molecule has 0 bridgehead atoms. The number of alkyl halides is 3. The maximum Gasteiger partial charge on any atom is 0.405 e. The Morgan fingerprint density at radius 3 is 2.45 bits per heavy atom. The summed E-state index contributed by atoms with van der Waals surface area (Å²) in [6.45, 7) is 3.82. The van der Waals surface area contributed by atoms with Crippen molar-refractivity contribution in [2.45, 2.75) is 39.4 Å². The minimum Gasteiger partial charge on any atom is -0.348 e. The summed E-state index contributed by atoms with van der Waals surface area (Å²) in [4.78, 5) is 5.64. The van der Waals surface area contributed by atoms with Gasteiger partial charge in [0.1, 0.15) is 12.4 Å². The van der Waals surface area contributed by atoms with Gasteiger partial charge in [-0.25, -0.2) is 4.98 Å². The van der Waals surface area contributed by atoms with Crippen LogP contribution in [0.5, 0.6) is 0 Å². The molecule has 0 aliphatic heterocycles. The molecular formula is C14H22F3N3. The third-order valence-corrected chi connectivity index (χ3v) is 2.86. The topological polar surface area (TPSA) is 28.2 Å². The van der Waals surface area contributed by atoms with E-state index in [1.165, 1.54) is 4.90 Å². The zero-order valence-electron chi connectivity index (χ0n) is 12.2. The van der Waals surface area contributed by atoms with Crippen LogP contribution in [-0.2, 0) is 13.0 Å². The van der Waals surface area contributed by atoms with Crippen molar-refractivity contribution in [1.29, 1.82) is 0 Å². The highest BCUT2D eigenvalue weighted by atomic mass is 19.4. The number of rotatable bonds is 7. The standard InChI is InChI=1S/C14H22F3N3/c1-4-6-20(10-14(15,16)17)13-8-11(9-18-3)7-12(5-2)19-13/h7-8,18H,4-6,9-10H2,1-3H3. The average Bonchev–Trinajstić information content (AvgIpc) is 2.36. The molecule has 3 nitrogen and oxygen atoms in total. The summed E-state index contributed by atoms with van der Waals surface area (Å²) in [5.74, 6) is 0.411. The Labute approximate surface area is 118 Å². The summed E-state index contributed by atoms with van der Waals surface area (Å²) in [5, 5.41) is 3.01. The van der Waals surface area contributed by atoms with Crippen LogP contribution in [0, 0.1) is 0 Å². The molecule has 6 heteroatoms. The van der Waals surface area contributed by atoms with E-state index < -0.39 is 12.7 Å². The monoisotopic (exact) mass is 289 g/mol. The van der Waals surface area contributed by atoms with Crippen LogP contribution in [0.15, 0.2) is 12.1 Å². The number of halogens is 3. The highest BCUT2D eigenvalue weighted by Crippen LogP contribution is 2.22. The summed E-state index contributed by atoms with van der Waals surface area (Å²) >= 11 is 0. The Morgan fingerprint density at radius 1 is 1.25 bits per heavy atom. The summed E-state index contributed by atoms with van der Waals surface area (Å²) in [6, 6.07) is 3.66. The third-order valence-electron chi connectivity index (χ3n) is 2.86. The van der Waals surface area contributed by atoms with E-state index in [4.69, 9.17) is 0 Å². The second-order valence-corrected chi connectivity index (χ2v) is 4.75. The van der Waals surface area contributed by atoms with Crippen molar-refractivity contribution in [2.75, 3.05) is 25.0 Å². The van der Waals surface area contributed by atoms with Crippen molar-refractivity contribution in [2.24, 2.45) is 0 Å². The lowest BCUT2D eigenvalue weighted by Gasteiger charge is -2.25. The van der Waals surface area contributed by atoms with Gasteiger partial charge in [0.2, 0.25) is 0 Å². The summed E-state index contributed by atoms with van der Waals surface area (Å²) < 4.78 is 38.0. The lowest BCUT2D eigenvalue weighted by atomic mass is 10.2. The first kappa shape index (κ1) is 16.8. The minimum atomic E-state index is -4.22. The predicted octanol–water partition coefficient (Wildman–Crippen LogP) is 3.14. The minimum absolute atomic E-state index is 0.346. The molecule has 114 valence electrons. The molecule has 0 aliphatic carbocycles. The SMILES string of the molecule is CCCN(CC(F)(F)F)c1cc(CNC)cc(CC)n1. The van der Waals surface area contributed by atoms with E-state index in [0.29, 0.717) is 31.7 Å². The van der Waals surface area contributed by atoms with E-state index in [9.17, 15) is 13.2 Å². The van der Waals surface area contributed by atoms with Crippen molar-refractivity contribution in [3.05, 3.63) is 23.4 Å². The van der Waals surface area contributed by atoms with Crippen molar-refractivity contribution >= 4 is 5.82 Å². The number of nitrogens with one attached hydrogen (secondary N) is 1. The summed E-state index contributed by atoms with van der Waals surface area (Å²) in [6.07, 6.45) is -2.87. The van der Waals surface area contributed by atoms with E-state index in [1.54, 1.807) is 6.07 Å². The van der Waals surface area contributed by atoms with Gasteiger partial charge in [-0.1, -0.05) is 13.8 Å². The van der Waals surface area contributed by atoms with E-state index in [1.807, 2.05) is 27.0 Å². The number of aromatic nitrogens is 1. The highest BCUT2D eigenvalue weighted by molar-refractivity contribution is 5.43. The fourth-order valence-corrected chi connectivity index (χ4v) is 2.04. The van der Waals surface area contributed by atoms with Gasteiger partial charge in [-0.05, 0) is 37.6 Å². The largest absolute Gasteiger partial charge is 0.405 e. The number of hydrogen-bond acceptors (Lipinski definition) is 3. The van der Waals surface area contributed by atoms with Crippen LogP contribution in [-0.4, -0.2) is 31.3 Å². The maximum absolute atomic E-state index is 12.7. The molecule has 0 atom stereocenters. The molecule has 0 amide bonds. The highest BCUT2D eigenvalue weighted by Gasteiger charge is 2.31. The van der Waals surface area contributed by atoms with Crippen LogP contribution >= 0.6 is 0 Å². The van der Waals surface area contributed by atoms with E-state index in [-0.39, 0.29) is 0 Å². The third kappa shape index (κ3) is 5.36. The molecule has 0 saturated carbocycles. The van der Waals surface area contributed by atoms with Gasteiger partial charge in [0.05, 0.1) is 0 Å². The van der Waals surface area contributed by atoms with Gasteiger partial charge in [0, 0.05) is 18.8 Å². The van der Waals surface area contributed by atoms with Crippen LogP contribution in [0.1, 0.15) is 31.5 Å². The first-order valence-electron chi connectivity index (χ1n) is 6.85. The predicted molar refractivity (Wildman–Crippen MR) is 74.9 cm³/mol.